The van der Waals surface area contributed by atoms with E-state index in [9.17, 15) is 9.18 Å². The lowest BCUT2D eigenvalue weighted by Crippen LogP contribution is -2.27. The second-order valence-corrected chi connectivity index (χ2v) is 4.57. The first-order valence-electron chi connectivity index (χ1n) is 5.60. The van der Waals surface area contributed by atoms with Crippen LogP contribution in [-0.4, -0.2) is 23.3 Å². The molecule has 0 unspecified atom stereocenters. The minimum absolute atomic E-state index is 0.0905. The molecule has 0 aromatic carbocycles. The van der Waals surface area contributed by atoms with Gasteiger partial charge in [-0.2, -0.15) is 0 Å². The smallest absolute Gasteiger partial charge is 0.412 e. The summed E-state index contributed by atoms with van der Waals surface area (Å²) in [5.41, 5.74) is -0.397. The fraction of sp³-hybridized carbons (Fsp3) is 0.500. The Morgan fingerprint density at radius 2 is 2.17 bits per heavy atom. The number of hydrogen-bond donors (Lipinski definition) is 1. The number of nitrogens with one attached hydrogen (secondary N) is 1. The number of halogens is 1. The lowest BCUT2D eigenvalue weighted by Gasteiger charge is -2.19. The van der Waals surface area contributed by atoms with E-state index in [4.69, 9.17) is 9.47 Å². The molecule has 6 heteroatoms. The van der Waals surface area contributed by atoms with Gasteiger partial charge < -0.3 is 9.47 Å². The van der Waals surface area contributed by atoms with E-state index in [0.29, 0.717) is 6.61 Å². The minimum atomic E-state index is -0.659. The zero-order valence-electron chi connectivity index (χ0n) is 10.9. The molecule has 1 heterocycles. The molecular formula is C12H17FN2O3. The number of rotatable bonds is 3. The fourth-order valence-electron chi connectivity index (χ4n) is 1.16. The van der Waals surface area contributed by atoms with E-state index in [2.05, 4.69) is 10.3 Å². The Balaban J connectivity index is 2.69. The predicted molar refractivity (Wildman–Crippen MR) is 65.2 cm³/mol. The van der Waals surface area contributed by atoms with Gasteiger partial charge in [-0.15, -0.1) is 0 Å². The van der Waals surface area contributed by atoms with Gasteiger partial charge in [-0.3, -0.25) is 5.32 Å². The highest BCUT2D eigenvalue weighted by Crippen LogP contribution is 2.18. The molecule has 18 heavy (non-hydrogen) atoms. The third kappa shape index (κ3) is 4.57. The van der Waals surface area contributed by atoms with Gasteiger partial charge in [0.15, 0.2) is 5.82 Å². The monoisotopic (exact) mass is 256 g/mol. The molecule has 0 aliphatic carbocycles. The van der Waals surface area contributed by atoms with Gasteiger partial charge >= 0.3 is 6.09 Å². The molecule has 0 aliphatic heterocycles. The predicted octanol–water partition coefficient (Wildman–Crippen LogP) is 2.97. The number of ether oxygens (including phenoxy) is 2. The van der Waals surface area contributed by atoms with Crippen molar-refractivity contribution in [1.29, 1.82) is 0 Å². The van der Waals surface area contributed by atoms with Gasteiger partial charge in [-0.25, -0.2) is 14.2 Å². The highest BCUT2D eigenvalue weighted by atomic mass is 19.1. The van der Waals surface area contributed by atoms with Crippen molar-refractivity contribution >= 4 is 11.8 Å². The van der Waals surface area contributed by atoms with Crippen LogP contribution in [0.15, 0.2) is 12.3 Å². The van der Waals surface area contributed by atoms with Gasteiger partial charge in [0, 0.05) is 6.07 Å². The number of carbonyl (C=O) groups excluding carboxylic acids is 1. The maximum atomic E-state index is 13.4. The minimum Gasteiger partial charge on any atom is -0.476 e. The number of pyridine rings is 1. The van der Waals surface area contributed by atoms with Crippen molar-refractivity contribution in [3.05, 3.63) is 18.1 Å². The van der Waals surface area contributed by atoms with E-state index in [1.807, 2.05) is 0 Å². The van der Waals surface area contributed by atoms with E-state index in [0.717, 1.165) is 6.07 Å². The Morgan fingerprint density at radius 3 is 2.67 bits per heavy atom. The zero-order valence-corrected chi connectivity index (χ0v) is 10.9. The molecular weight excluding hydrogens is 239 g/mol. The quantitative estimate of drug-likeness (QED) is 0.903. The van der Waals surface area contributed by atoms with E-state index in [1.165, 1.54) is 6.20 Å². The molecule has 0 bridgehead atoms. The lowest BCUT2D eigenvalue weighted by molar-refractivity contribution is 0.0636. The summed E-state index contributed by atoms with van der Waals surface area (Å²) in [6, 6.07) is 1.13. The second kappa shape index (κ2) is 5.66. The van der Waals surface area contributed by atoms with Crippen LogP contribution in [0.5, 0.6) is 5.88 Å². The van der Waals surface area contributed by atoms with Gasteiger partial charge in [-0.1, -0.05) is 0 Å². The maximum absolute atomic E-state index is 13.4. The number of amides is 1. The summed E-state index contributed by atoms with van der Waals surface area (Å²) in [7, 11) is 0. The summed E-state index contributed by atoms with van der Waals surface area (Å²) in [6.45, 7) is 7.27. The van der Waals surface area contributed by atoms with Crippen molar-refractivity contribution in [3.8, 4) is 5.88 Å². The summed E-state index contributed by atoms with van der Waals surface area (Å²) in [4.78, 5) is 15.2. The first-order chi connectivity index (χ1) is 8.31. The van der Waals surface area contributed by atoms with Gasteiger partial charge in [-0.05, 0) is 27.7 Å². The summed E-state index contributed by atoms with van der Waals surface area (Å²) < 4.78 is 23.4. The Morgan fingerprint density at radius 1 is 1.50 bits per heavy atom. The summed E-state index contributed by atoms with van der Waals surface area (Å²) >= 11 is 0. The standard InChI is InChI=1S/C12H17FN2O3/c1-5-17-10-9(13)6-8(7-14-10)15-11(16)18-12(2,3)4/h6-7H,5H2,1-4H3,(H,15,16). The molecule has 0 radical (unpaired) electrons. The largest absolute Gasteiger partial charge is 0.476 e. The lowest BCUT2D eigenvalue weighted by atomic mass is 10.2. The van der Waals surface area contributed by atoms with Crippen molar-refractivity contribution in [1.82, 2.24) is 4.98 Å². The first kappa shape index (κ1) is 14.2. The van der Waals surface area contributed by atoms with Crippen LogP contribution >= 0.6 is 0 Å². The molecule has 0 spiro atoms. The highest BCUT2D eigenvalue weighted by molar-refractivity contribution is 5.84. The third-order valence-electron chi connectivity index (χ3n) is 1.73. The Bertz CT molecular complexity index is 430. The number of hydrogen-bond acceptors (Lipinski definition) is 4. The van der Waals surface area contributed by atoms with Gasteiger partial charge in [0.1, 0.15) is 5.60 Å². The van der Waals surface area contributed by atoms with Gasteiger partial charge in [0.05, 0.1) is 18.5 Å². The van der Waals surface area contributed by atoms with Crippen molar-refractivity contribution in [2.75, 3.05) is 11.9 Å². The van der Waals surface area contributed by atoms with E-state index < -0.39 is 17.5 Å². The van der Waals surface area contributed by atoms with Crippen molar-refractivity contribution < 1.29 is 18.7 Å². The van der Waals surface area contributed by atoms with Crippen LogP contribution in [0.1, 0.15) is 27.7 Å². The van der Waals surface area contributed by atoms with Crippen LogP contribution in [-0.2, 0) is 4.74 Å². The van der Waals surface area contributed by atoms with Crippen LogP contribution in [0, 0.1) is 5.82 Å². The third-order valence-corrected chi connectivity index (χ3v) is 1.73. The SMILES string of the molecule is CCOc1ncc(NC(=O)OC(C)(C)C)cc1F. The second-order valence-electron chi connectivity index (χ2n) is 4.57. The highest BCUT2D eigenvalue weighted by Gasteiger charge is 2.17. The summed E-state index contributed by atoms with van der Waals surface area (Å²) in [5, 5.41) is 2.39. The number of nitrogens with zero attached hydrogens (tertiary/aromatic N) is 1. The van der Waals surface area contributed by atoms with Crippen LogP contribution in [0.4, 0.5) is 14.9 Å². The molecule has 1 rings (SSSR count). The van der Waals surface area contributed by atoms with E-state index in [1.54, 1.807) is 27.7 Å². The molecule has 1 aromatic rings. The van der Waals surface area contributed by atoms with Crippen molar-refractivity contribution in [2.45, 2.75) is 33.3 Å². The number of carbonyl (C=O) groups is 1. The summed E-state index contributed by atoms with van der Waals surface area (Å²) in [6.07, 6.45) is 0.644. The van der Waals surface area contributed by atoms with Crippen LogP contribution in [0.2, 0.25) is 0 Å². The van der Waals surface area contributed by atoms with Crippen LogP contribution < -0.4 is 10.1 Å². The topological polar surface area (TPSA) is 60.5 Å². The number of aromatic nitrogens is 1. The average molecular weight is 256 g/mol. The molecule has 0 aliphatic rings. The molecule has 0 saturated carbocycles. The van der Waals surface area contributed by atoms with Gasteiger partial charge in [0.2, 0.25) is 5.88 Å². The maximum Gasteiger partial charge on any atom is 0.412 e. The number of anilines is 1. The average Bonchev–Trinajstić information content (AvgIpc) is 2.19. The normalized spacial score (nSPS) is 10.9. The van der Waals surface area contributed by atoms with E-state index >= 15 is 0 Å². The van der Waals surface area contributed by atoms with Crippen LogP contribution in [0.25, 0.3) is 0 Å². The van der Waals surface area contributed by atoms with Crippen molar-refractivity contribution in [2.24, 2.45) is 0 Å². The molecule has 1 aromatic heterocycles. The molecule has 1 N–H and O–H groups in total. The Hall–Kier alpha value is -1.85. The fourth-order valence-corrected chi connectivity index (χ4v) is 1.16. The van der Waals surface area contributed by atoms with Gasteiger partial charge in [0.25, 0.3) is 0 Å². The molecule has 100 valence electrons. The Kier molecular flexibility index (Phi) is 4.47. The molecule has 1 amide bonds. The molecule has 0 saturated heterocycles. The molecule has 0 atom stereocenters. The van der Waals surface area contributed by atoms with E-state index in [-0.39, 0.29) is 11.6 Å². The molecule has 0 fully saturated rings. The zero-order chi connectivity index (χ0) is 13.8. The van der Waals surface area contributed by atoms with Crippen molar-refractivity contribution in [3.63, 3.8) is 0 Å². The summed E-state index contributed by atoms with van der Waals surface area (Å²) in [5.74, 6) is -0.724. The molecule has 5 nitrogen and oxygen atoms in total. The van der Waals surface area contributed by atoms with Crippen LogP contribution in [0.3, 0.4) is 0 Å². The Labute approximate surface area is 105 Å². The first-order valence-corrected chi connectivity index (χ1v) is 5.60.